The summed E-state index contributed by atoms with van der Waals surface area (Å²) in [6.45, 7) is 7.48. The van der Waals surface area contributed by atoms with Crippen LogP contribution in [0.1, 0.15) is 53.1 Å². The second kappa shape index (κ2) is 6.26. The largest absolute Gasteiger partial charge is 0.478 e. The predicted molar refractivity (Wildman–Crippen MR) is 78.6 cm³/mol. The van der Waals surface area contributed by atoms with E-state index in [4.69, 9.17) is 4.52 Å². The standard InChI is InChI=1S/C14H17N3O3S/c1-7(2)12-15-9(4)11(14(18)19)13(16-12)21-6-10-5-8(3)17-20-10/h5,7H,6H2,1-4H3,(H,18,19). The van der Waals surface area contributed by atoms with Gasteiger partial charge in [-0.3, -0.25) is 0 Å². The van der Waals surface area contributed by atoms with Crippen LogP contribution >= 0.6 is 11.8 Å². The number of aryl methyl sites for hydroxylation is 2. The van der Waals surface area contributed by atoms with Crippen molar-refractivity contribution < 1.29 is 14.4 Å². The Morgan fingerprint density at radius 1 is 1.38 bits per heavy atom. The zero-order valence-electron chi connectivity index (χ0n) is 12.4. The maximum Gasteiger partial charge on any atom is 0.340 e. The molecule has 0 spiro atoms. The fraction of sp³-hybridized carbons (Fsp3) is 0.429. The molecule has 21 heavy (non-hydrogen) atoms. The van der Waals surface area contributed by atoms with Crippen molar-refractivity contribution in [3.63, 3.8) is 0 Å². The van der Waals surface area contributed by atoms with E-state index in [2.05, 4.69) is 15.1 Å². The third-order valence-corrected chi connectivity index (χ3v) is 3.83. The first-order chi connectivity index (χ1) is 9.88. The van der Waals surface area contributed by atoms with Crippen LogP contribution in [-0.4, -0.2) is 26.2 Å². The highest BCUT2D eigenvalue weighted by Gasteiger charge is 2.20. The molecule has 1 N–H and O–H groups in total. The third-order valence-electron chi connectivity index (χ3n) is 2.83. The Labute approximate surface area is 127 Å². The van der Waals surface area contributed by atoms with Crippen LogP contribution in [-0.2, 0) is 5.75 Å². The number of thioether (sulfide) groups is 1. The van der Waals surface area contributed by atoms with E-state index in [1.165, 1.54) is 11.8 Å². The minimum absolute atomic E-state index is 0.137. The van der Waals surface area contributed by atoms with Crippen LogP contribution in [0.3, 0.4) is 0 Å². The summed E-state index contributed by atoms with van der Waals surface area (Å²) in [6, 6.07) is 1.82. The minimum atomic E-state index is -1.01. The van der Waals surface area contributed by atoms with Crippen molar-refractivity contribution in [3.8, 4) is 0 Å². The van der Waals surface area contributed by atoms with Gasteiger partial charge in [-0.25, -0.2) is 14.8 Å². The second-order valence-electron chi connectivity index (χ2n) is 5.03. The van der Waals surface area contributed by atoms with Gasteiger partial charge >= 0.3 is 5.97 Å². The van der Waals surface area contributed by atoms with Crippen LogP contribution in [0.4, 0.5) is 0 Å². The lowest BCUT2D eigenvalue weighted by Gasteiger charge is -2.11. The van der Waals surface area contributed by atoms with Crippen LogP contribution in [0, 0.1) is 13.8 Å². The lowest BCUT2D eigenvalue weighted by atomic mass is 10.2. The van der Waals surface area contributed by atoms with E-state index in [-0.39, 0.29) is 11.5 Å². The molecule has 0 aliphatic rings. The maximum absolute atomic E-state index is 11.4. The molecule has 2 rings (SSSR count). The molecule has 0 saturated heterocycles. The van der Waals surface area contributed by atoms with E-state index >= 15 is 0 Å². The number of carboxylic acid groups (broad SMARTS) is 1. The van der Waals surface area contributed by atoms with Gasteiger partial charge in [0.05, 0.1) is 17.1 Å². The summed E-state index contributed by atoms with van der Waals surface area (Å²) in [5.41, 5.74) is 1.43. The monoisotopic (exact) mass is 307 g/mol. The number of nitrogens with zero attached hydrogens (tertiary/aromatic N) is 3. The van der Waals surface area contributed by atoms with Crippen molar-refractivity contribution in [2.75, 3.05) is 0 Å². The van der Waals surface area contributed by atoms with Crippen LogP contribution in [0.5, 0.6) is 0 Å². The van der Waals surface area contributed by atoms with Crippen LogP contribution in [0.15, 0.2) is 15.6 Å². The quantitative estimate of drug-likeness (QED) is 0.670. The molecule has 2 aromatic heterocycles. The summed E-state index contributed by atoms with van der Waals surface area (Å²) in [4.78, 5) is 20.1. The molecule has 6 nitrogen and oxygen atoms in total. The Bertz CT molecular complexity index is 667. The number of aromatic carboxylic acids is 1. The lowest BCUT2D eigenvalue weighted by Crippen LogP contribution is -2.10. The van der Waals surface area contributed by atoms with E-state index in [1.54, 1.807) is 6.92 Å². The number of hydrogen-bond donors (Lipinski definition) is 1. The Kier molecular flexibility index (Phi) is 4.62. The van der Waals surface area contributed by atoms with Gasteiger partial charge in [0.15, 0.2) is 0 Å². The SMILES string of the molecule is Cc1cc(CSc2nc(C(C)C)nc(C)c2C(=O)O)on1. The molecule has 0 saturated carbocycles. The summed E-state index contributed by atoms with van der Waals surface area (Å²) in [5, 5.41) is 13.6. The molecular formula is C14H17N3O3S. The Morgan fingerprint density at radius 3 is 2.62 bits per heavy atom. The smallest absolute Gasteiger partial charge is 0.340 e. The number of aromatic nitrogens is 3. The number of rotatable bonds is 5. The zero-order valence-corrected chi connectivity index (χ0v) is 13.2. The first-order valence-electron chi connectivity index (χ1n) is 6.55. The summed E-state index contributed by atoms with van der Waals surface area (Å²) in [6.07, 6.45) is 0. The Balaban J connectivity index is 2.32. The molecule has 0 fully saturated rings. The van der Waals surface area contributed by atoms with Gasteiger partial charge < -0.3 is 9.63 Å². The molecule has 2 heterocycles. The topological polar surface area (TPSA) is 89.1 Å². The average Bonchev–Trinajstić information content (AvgIpc) is 2.80. The van der Waals surface area contributed by atoms with E-state index in [1.807, 2.05) is 26.8 Å². The number of carbonyl (C=O) groups is 1. The molecule has 0 bridgehead atoms. The molecule has 0 radical (unpaired) electrons. The fourth-order valence-corrected chi connectivity index (χ4v) is 2.75. The molecule has 0 aliphatic heterocycles. The predicted octanol–water partition coefficient (Wildman–Crippen LogP) is 3.20. The average molecular weight is 307 g/mol. The molecule has 7 heteroatoms. The summed E-state index contributed by atoms with van der Waals surface area (Å²) >= 11 is 1.32. The van der Waals surface area contributed by atoms with Gasteiger partial charge in [-0.2, -0.15) is 0 Å². The first-order valence-corrected chi connectivity index (χ1v) is 7.54. The summed E-state index contributed by atoms with van der Waals surface area (Å²) in [5.74, 6) is 0.942. The van der Waals surface area contributed by atoms with Gasteiger partial charge in [0.1, 0.15) is 22.2 Å². The highest BCUT2D eigenvalue weighted by molar-refractivity contribution is 7.98. The minimum Gasteiger partial charge on any atom is -0.478 e. The van der Waals surface area contributed by atoms with Crippen molar-refractivity contribution >= 4 is 17.7 Å². The normalized spacial score (nSPS) is 11.1. The maximum atomic E-state index is 11.4. The highest BCUT2D eigenvalue weighted by atomic mass is 32.2. The van der Waals surface area contributed by atoms with Crippen molar-refractivity contribution in [3.05, 3.63) is 34.6 Å². The van der Waals surface area contributed by atoms with Gasteiger partial charge in [0.2, 0.25) is 0 Å². The van der Waals surface area contributed by atoms with Gasteiger partial charge in [-0.1, -0.05) is 30.8 Å². The second-order valence-corrected chi connectivity index (χ2v) is 5.99. The van der Waals surface area contributed by atoms with E-state index < -0.39 is 5.97 Å². The lowest BCUT2D eigenvalue weighted by molar-refractivity contribution is 0.0690. The Morgan fingerprint density at radius 2 is 2.10 bits per heavy atom. The van der Waals surface area contributed by atoms with E-state index in [9.17, 15) is 9.90 Å². The number of carboxylic acids is 1. The molecular weight excluding hydrogens is 290 g/mol. The highest BCUT2D eigenvalue weighted by Crippen LogP contribution is 2.27. The third kappa shape index (κ3) is 3.60. The van der Waals surface area contributed by atoms with Gasteiger partial charge in [0, 0.05) is 12.0 Å². The van der Waals surface area contributed by atoms with Crippen LogP contribution in [0.25, 0.3) is 0 Å². The van der Waals surface area contributed by atoms with Crippen LogP contribution in [0.2, 0.25) is 0 Å². The van der Waals surface area contributed by atoms with Crippen molar-refractivity contribution in [2.24, 2.45) is 0 Å². The van der Waals surface area contributed by atoms with Crippen molar-refractivity contribution in [1.82, 2.24) is 15.1 Å². The summed E-state index contributed by atoms with van der Waals surface area (Å²) in [7, 11) is 0. The summed E-state index contributed by atoms with van der Waals surface area (Å²) < 4.78 is 5.13. The Hall–Kier alpha value is -1.89. The van der Waals surface area contributed by atoms with E-state index in [0.717, 1.165) is 5.69 Å². The van der Waals surface area contributed by atoms with Gasteiger partial charge in [-0.05, 0) is 13.8 Å². The van der Waals surface area contributed by atoms with Gasteiger partial charge in [0.25, 0.3) is 0 Å². The van der Waals surface area contributed by atoms with Gasteiger partial charge in [-0.15, -0.1) is 0 Å². The first kappa shape index (κ1) is 15.5. The fourth-order valence-electron chi connectivity index (χ4n) is 1.80. The molecule has 2 aromatic rings. The van der Waals surface area contributed by atoms with Crippen molar-refractivity contribution in [2.45, 2.75) is 44.4 Å². The van der Waals surface area contributed by atoms with Crippen molar-refractivity contribution in [1.29, 1.82) is 0 Å². The zero-order chi connectivity index (χ0) is 15.6. The molecule has 0 atom stereocenters. The molecule has 0 aromatic carbocycles. The van der Waals surface area contributed by atoms with Crippen LogP contribution < -0.4 is 0 Å². The number of hydrogen-bond acceptors (Lipinski definition) is 6. The molecule has 0 aliphatic carbocycles. The molecule has 0 amide bonds. The molecule has 0 unspecified atom stereocenters. The van der Waals surface area contributed by atoms with E-state index in [0.29, 0.717) is 28.1 Å². The molecule has 112 valence electrons.